The van der Waals surface area contributed by atoms with Crippen LogP contribution in [0.2, 0.25) is 5.02 Å². The second-order valence-corrected chi connectivity index (χ2v) is 2.80. The predicted octanol–water partition coefficient (Wildman–Crippen LogP) is 0.477. The van der Waals surface area contributed by atoms with E-state index in [1.54, 1.807) is 0 Å². The molecule has 0 saturated heterocycles. The van der Waals surface area contributed by atoms with Gasteiger partial charge in [0, 0.05) is 0 Å². The lowest BCUT2D eigenvalue weighted by Crippen LogP contribution is -2.03. The number of H-pyrrole nitrogens is 1. The number of esters is 1. The summed E-state index contributed by atoms with van der Waals surface area (Å²) in [5.41, 5.74) is 0.0741. The SMILES string of the molecule is COC(=O)c1n[nH]c(CC(=O)O)c1Cl. The van der Waals surface area contributed by atoms with Crippen molar-refractivity contribution in [1.29, 1.82) is 0 Å². The van der Waals surface area contributed by atoms with Gasteiger partial charge in [-0.1, -0.05) is 11.6 Å². The van der Waals surface area contributed by atoms with Gasteiger partial charge in [0.25, 0.3) is 0 Å². The summed E-state index contributed by atoms with van der Waals surface area (Å²) in [6.45, 7) is 0. The lowest BCUT2D eigenvalue weighted by Gasteiger charge is -1.94. The number of hydrogen-bond acceptors (Lipinski definition) is 4. The van der Waals surface area contributed by atoms with Gasteiger partial charge in [0.2, 0.25) is 0 Å². The summed E-state index contributed by atoms with van der Waals surface area (Å²) in [5, 5.41) is 14.4. The summed E-state index contributed by atoms with van der Waals surface area (Å²) in [4.78, 5) is 21.3. The van der Waals surface area contributed by atoms with Crippen LogP contribution in [-0.2, 0) is 16.0 Å². The summed E-state index contributed by atoms with van der Waals surface area (Å²) in [7, 11) is 1.18. The van der Waals surface area contributed by atoms with E-state index in [0.717, 1.165) is 0 Å². The number of aliphatic carboxylic acids is 1. The number of carboxylic acid groups (broad SMARTS) is 1. The molecule has 0 aliphatic heterocycles. The van der Waals surface area contributed by atoms with E-state index in [2.05, 4.69) is 14.9 Å². The maximum Gasteiger partial charge on any atom is 0.360 e. The highest BCUT2D eigenvalue weighted by Crippen LogP contribution is 2.19. The summed E-state index contributed by atoms with van der Waals surface area (Å²) < 4.78 is 4.38. The molecule has 0 spiro atoms. The number of carboxylic acids is 1. The number of carbonyl (C=O) groups excluding carboxylic acids is 1. The second kappa shape index (κ2) is 4.10. The van der Waals surface area contributed by atoms with Crippen molar-refractivity contribution in [2.24, 2.45) is 0 Å². The molecule has 1 aromatic heterocycles. The molecule has 14 heavy (non-hydrogen) atoms. The standard InChI is InChI=1S/C7H7ClN2O4/c1-14-7(13)6-5(8)3(9-10-6)2-4(11)12/h2H2,1H3,(H,9,10)(H,11,12). The molecule has 0 fully saturated rings. The van der Waals surface area contributed by atoms with Gasteiger partial charge in [-0.15, -0.1) is 0 Å². The lowest BCUT2D eigenvalue weighted by molar-refractivity contribution is -0.136. The zero-order chi connectivity index (χ0) is 10.7. The maximum atomic E-state index is 11.0. The molecule has 0 aliphatic carbocycles. The fourth-order valence-corrected chi connectivity index (χ4v) is 1.09. The van der Waals surface area contributed by atoms with Gasteiger partial charge in [-0.25, -0.2) is 4.79 Å². The van der Waals surface area contributed by atoms with Crippen molar-refractivity contribution < 1.29 is 19.4 Å². The van der Waals surface area contributed by atoms with Crippen molar-refractivity contribution in [3.8, 4) is 0 Å². The molecule has 0 aromatic carbocycles. The molecule has 7 heteroatoms. The maximum absolute atomic E-state index is 11.0. The number of halogens is 1. The highest BCUT2D eigenvalue weighted by atomic mass is 35.5. The molecule has 0 aliphatic rings. The highest BCUT2D eigenvalue weighted by molar-refractivity contribution is 6.34. The number of ether oxygens (including phenoxy) is 1. The molecule has 0 saturated carbocycles. The minimum atomic E-state index is -1.06. The third-order valence-corrected chi connectivity index (χ3v) is 1.89. The average Bonchev–Trinajstić information content (AvgIpc) is 2.46. The van der Waals surface area contributed by atoms with E-state index in [-0.39, 0.29) is 22.8 Å². The Morgan fingerprint density at radius 2 is 2.29 bits per heavy atom. The molecule has 0 bridgehead atoms. The number of rotatable bonds is 3. The van der Waals surface area contributed by atoms with Crippen molar-refractivity contribution in [2.75, 3.05) is 7.11 Å². The van der Waals surface area contributed by atoms with Crippen molar-refractivity contribution in [3.05, 3.63) is 16.4 Å². The van der Waals surface area contributed by atoms with E-state index >= 15 is 0 Å². The quantitative estimate of drug-likeness (QED) is 0.720. The summed E-state index contributed by atoms with van der Waals surface area (Å²) >= 11 is 5.68. The monoisotopic (exact) mass is 218 g/mol. The Bertz CT molecular complexity index is 374. The van der Waals surface area contributed by atoms with Crippen LogP contribution >= 0.6 is 11.6 Å². The zero-order valence-electron chi connectivity index (χ0n) is 7.20. The van der Waals surface area contributed by atoms with E-state index in [1.807, 2.05) is 0 Å². The lowest BCUT2D eigenvalue weighted by atomic mass is 10.3. The Morgan fingerprint density at radius 3 is 2.79 bits per heavy atom. The number of aromatic nitrogens is 2. The summed E-state index contributed by atoms with van der Waals surface area (Å²) in [5.74, 6) is -1.77. The van der Waals surface area contributed by atoms with Crippen molar-refractivity contribution >= 4 is 23.5 Å². The van der Waals surface area contributed by atoms with Gasteiger partial charge in [0.05, 0.1) is 24.2 Å². The minimum absolute atomic E-state index is 0.0146. The van der Waals surface area contributed by atoms with Gasteiger partial charge in [-0.3, -0.25) is 9.89 Å². The number of hydrogen-bond donors (Lipinski definition) is 2. The molecular weight excluding hydrogens is 212 g/mol. The van der Waals surface area contributed by atoms with Crippen LogP contribution in [0.5, 0.6) is 0 Å². The molecule has 1 aromatic rings. The molecular formula is C7H7ClN2O4. The van der Waals surface area contributed by atoms with Gasteiger partial charge in [0.1, 0.15) is 0 Å². The zero-order valence-corrected chi connectivity index (χ0v) is 7.96. The van der Waals surface area contributed by atoms with Crippen LogP contribution < -0.4 is 0 Å². The first-order valence-electron chi connectivity index (χ1n) is 3.59. The van der Waals surface area contributed by atoms with E-state index in [0.29, 0.717) is 0 Å². The number of nitrogens with zero attached hydrogens (tertiary/aromatic N) is 1. The molecule has 1 rings (SSSR count). The van der Waals surface area contributed by atoms with Gasteiger partial charge >= 0.3 is 11.9 Å². The van der Waals surface area contributed by atoms with Crippen LogP contribution in [0.1, 0.15) is 16.2 Å². The molecule has 0 amide bonds. The van der Waals surface area contributed by atoms with Gasteiger partial charge < -0.3 is 9.84 Å². The Morgan fingerprint density at radius 1 is 1.64 bits per heavy atom. The number of methoxy groups -OCH3 is 1. The topological polar surface area (TPSA) is 92.3 Å². The first kappa shape index (κ1) is 10.5. The van der Waals surface area contributed by atoms with Crippen LogP contribution in [0.3, 0.4) is 0 Å². The third kappa shape index (κ3) is 2.02. The Labute approximate surface area is 83.8 Å². The Kier molecular flexibility index (Phi) is 3.08. The Balaban J connectivity index is 2.96. The highest BCUT2D eigenvalue weighted by Gasteiger charge is 2.19. The first-order valence-corrected chi connectivity index (χ1v) is 3.97. The van der Waals surface area contributed by atoms with E-state index in [9.17, 15) is 9.59 Å². The summed E-state index contributed by atoms with van der Waals surface area (Å²) in [6.07, 6.45) is -0.317. The molecule has 0 unspecified atom stereocenters. The van der Waals surface area contributed by atoms with Crippen molar-refractivity contribution in [2.45, 2.75) is 6.42 Å². The van der Waals surface area contributed by atoms with Gasteiger partial charge in [-0.05, 0) is 0 Å². The normalized spacial score (nSPS) is 9.86. The van der Waals surface area contributed by atoms with E-state index in [1.165, 1.54) is 7.11 Å². The van der Waals surface area contributed by atoms with Crippen LogP contribution in [0, 0.1) is 0 Å². The fraction of sp³-hybridized carbons (Fsp3) is 0.286. The molecule has 76 valence electrons. The smallest absolute Gasteiger partial charge is 0.360 e. The fourth-order valence-electron chi connectivity index (χ4n) is 0.865. The second-order valence-electron chi connectivity index (χ2n) is 2.43. The average molecular weight is 219 g/mol. The number of nitrogens with one attached hydrogen (secondary N) is 1. The number of aromatic amines is 1. The van der Waals surface area contributed by atoms with Crippen LogP contribution in [0.15, 0.2) is 0 Å². The molecule has 6 nitrogen and oxygen atoms in total. The molecule has 0 radical (unpaired) electrons. The van der Waals surface area contributed by atoms with E-state index in [4.69, 9.17) is 16.7 Å². The predicted molar refractivity (Wildman–Crippen MR) is 46.3 cm³/mol. The minimum Gasteiger partial charge on any atom is -0.481 e. The van der Waals surface area contributed by atoms with Crippen LogP contribution in [0.25, 0.3) is 0 Å². The third-order valence-electron chi connectivity index (χ3n) is 1.48. The Hall–Kier alpha value is -1.56. The van der Waals surface area contributed by atoms with Crippen LogP contribution in [-0.4, -0.2) is 34.4 Å². The summed E-state index contributed by atoms with van der Waals surface area (Å²) in [6, 6.07) is 0. The molecule has 0 atom stereocenters. The van der Waals surface area contributed by atoms with Crippen molar-refractivity contribution in [1.82, 2.24) is 10.2 Å². The molecule has 2 N–H and O–H groups in total. The van der Waals surface area contributed by atoms with Gasteiger partial charge in [0.15, 0.2) is 5.69 Å². The molecule has 1 heterocycles. The van der Waals surface area contributed by atoms with Gasteiger partial charge in [-0.2, -0.15) is 5.10 Å². The van der Waals surface area contributed by atoms with Crippen LogP contribution in [0.4, 0.5) is 0 Å². The number of carbonyl (C=O) groups is 2. The van der Waals surface area contributed by atoms with E-state index < -0.39 is 11.9 Å². The largest absolute Gasteiger partial charge is 0.481 e. The first-order chi connectivity index (χ1) is 6.56. The van der Waals surface area contributed by atoms with Crippen molar-refractivity contribution in [3.63, 3.8) is 0 Å².